The van der Waals surface area contributed by atoms with Crippen LogP contribution in [0.25, 0.3) is 0 Å². The zero-order chi connectivity index (χ0) is 10.4. The van der Waals surface area contributed by atoms with Gasteiger partial charge in [0.25, 0.3) is 10.0 Å². The van der Waals surface area contributed by atoms with E-state index < -0.39 is 10.0 Å². The second kappa shape index (κ2) is 5.07. The summed E-state index contributed by atoms with van der Waals surface area (Å²) < 4.78 is 25.6. The Morgan fingerprint density at radius 2 is 2.21 bits per heavy atom. The summed E-state index contributed by atoms with van der Waals surface area (Å²) in [5.41, 5.74) is 0. The van der Waals surface area contributed by atoms with Crippen LogP contribution in [-0.2, 0) is 10.0 Å². The highest BCUT2D eigenvalue weighted by Gasteiger charge is 2.13. The lowest BCUT2D eigenvalue weighted by atomic mass is 10.3. The number of hydrogen-bond acceptors (Lipinski definition) is 3. The largest absolute Gasteiger partial charge is 0.258 e. The second-order valence-electron chi connectivity index (χ2n) is 2.92. The van der Waals surface area contributed by atoms with Crippen LogP contribution in [0, 0.1) is 0 Å². The standard InChI is InChI=1S/C9H14N2O2S/c1-2-3-8-11-14(12,13)9-6-4-5-7-10-9/h4-7,11H,2-3,8H2,1H3. The van der Waals surface area contributed by atoms with Gasteiger partial charge in [-0.2, -0.15) is 0 Å². The number of unbranched alkanes of at least 4 members (excludes halogenated alkanes) is 1. The molecule has 0 aliphatic carbocycles. The van der Waals surface area contributed by atoms with E-state index >= 15 is 0 Å². The average Bonchev–Trinajstić information content (AvgIpc) is 2.19. The molecule has 14 heavy (non-hydrogen) atoms. The first-order chi connectivity index (χ1) is 6.67. The molecule has 4 nitrogen and oxygen atoms in total. The Bertz CT molecular complexity index is 362. The quantitative estimate of drug-likeness (QED) is 0.748. The Morgan fingerprint density at radius 1 is 1.43 bits per heavy atom. The van der Waals surface area contributed by atoms with Crippen molar-refractivity contribution in [2.45, 2.75) is 24.8 Å². The smallest absolute Gasteiger partial charge is 0.243 e. The zero-order valence-electron chi connectivity index (χ0n) is 8.10. The minimum Gasteiger partial charge on any atom is -0.243 e. The van der Waals surface area contributed by atoms with E-state index in [0.29, 0.717) is 6.54 Å². The van der Waals surface area contributed by atoms with Gasteiger partial charge in [0.05, 0.1) is 0 Å². The van der Waals surface area contributed by atoms with E-state index in [0.717, 1.165) is 12.8 Å². The highest BCUT2D eigenvalue weighted by atomic mass is 32.2. The number of nitrogens with zero attached hydrogens (tertiary/aromatic N) is 1. The summed E-state index contributed by atoms with van der Waals surface area (Å²) in [5, 5.41) is 0.0797. The molecule has 0 aromatic carbocycles. The van der Waals surface area contributed by atoms with E-state index in [4.69, 9.17) is 0 Å². The molecule has 0 atom stereocenters. The second-order valence-corrected chi connectivity index (χ2v) is 4.63. The third kappa shape index (κ3) is 3.08. The molecule has 0 bridgehead atoms. The predicted octanol–water partition coefficient (Wildman–Crippen LogP) is 1.16. The summed E-state index contributed by atoms with van der Waals surface area (Å²) >= 11 is 0. The topological polar surface area (TPSA) is 59.1 Å². The molecule has 1 heterocycles. The zero-order valence-corrected chi connectivity index (χ0v) is 8.92. The monoisotopic (exact) mass is 214 g/mol. The normalized spacial score (nSPS) is 11.5. The van der Waals surface area contributed by atoms with Gasteiger partial charge >= 0.3 is 0 Å². The molecule has 0 spiro atoms. The van der Waals surface area contributed by atoms with E-state index in [1.807, 2.05) is 6.92 Å². The van der Waals surface area contributed by atoms with Gasteiger partial charge in [0.15, 0.2) is 5.03 Å². The Hall–Kier alpha value is -0.940. The van der Waals surface area contributed by atoms with Crippen molar-refractivity contribution in [3.63, 3.8) is 0 Å². The summed E-state index contributed by atoms with van der Waals surface area (Å²) in [6, 6.07) is 4.82. The van der Waals surface area contributed by atoms with Crippen molar-refractivity contribution >= 4 is 10.0 Å². The molecular formula is C9H14N2O2S. The van der Waals surface area contributed by atoms with Gasteiger partial charge in [0.1, 0.15) is 0 Å². The van der Waals surface area contributed by atoms with Crippen molar-refractivity contribution in [3.8, 4) is 0 Å². The molecule has 0 fully saturated rings. The summed E-state index contributed by atoms with van der Waals surface area (Å²) in [5.74, 6) is 0. The minimum absolute atomic E-state index is 0.0797. The van der Waals surface area contributed by atoms with Crippen LogP contribution in [0.3, 0.4) is 0 Å². The molecule has 0 radical (unpaired) electrons. The number of hydrogen-bond donors (Lipinski definition) is 1. The van der Waals surface area contributed by atoms with Gasteiger partial charge in [0.2, 0.25) is 0 Å². The highest BCUT2D eigenvalue weighted by Crippen LogP contribution is 2.02. The van der Waals surface area contributed by atoms with Crippen LogP contribution < -0.4 is 4.72 Å². The van der Waals surface area contributed by atoms with Gasteiger partial charge in [-0.3, -0.25) is 0 Å². The molecule has 0 aliphatic heterocycles. The predicted molar refractivity (Wildman–Crippen MR) is 54.3 cm³/mol. The Labute approximate surface area is 84.4 Å². The van der Waals surface area contributed by atoms with Crippen LogP contribution >= 0.6 is 0 Å². The summed E-state index contributed by atoms with van der Waals surface area (Å²) in [6.45, 7) is 2.48. The number of nitrogens with one attached hydrogen (secondary N) is 1. The first kappa shape index (κ1) is 11.1. The maximum atomic E-state index is 11.5. The molecular weight excluding hydrogens is 200 g/mol. The van der Waals surface area contributed by atoms with Crippen LogP contribution in [0.15, 0.2) is 29.4 Å². The lowest BCUT2D eigenvalue weighted by molar-refractivity contribution is 0.574. The molecule has 1 aromatic heterocycles. The molecule has 1 aromatic rings. The van der Waals surface area contributed by atoms with E-state index in [1.54, 1.807) is 12.1 Å². The molecule has 0 saturated heterocycles. The van der Waals surface area contributed by atoms with Crippen molar-refractivity contribution in [3.05, 3.63) is 24.4 Å². The van der Waals surface area contributed by atoms with E-state index in [2.05, 4.69) is 9.71 Å². The minimum atomic E-state index is -3.39. The van der Waals surface area contributed by atoms with Crippen molar-refractivity contribution in [1.82, 2.24) is 9.71 Å². The first-order valence-electron chi connectivity index (χ1n) is 4.57. The van der Waals surface area contributed by atoms with Gasteiger partial charge in [-0.1, -0.05) is 19.4 Å². The molecule has 0 aliphatic rings. The van der Waals surface area contributed by atoms with Gasteiger partial charge in [-0.05, 0) is 18.6 Å². The summed E-state index contributed by atoms with van der Waals surface area (Å²) in [4.78, 5) is 3.78. The molecule has 0 amide bonds. The van der Waals surface area contributed by atoms with E-state index in [9.17, 15) is 8.42 Å². The highest BCUT2D eigenvalue weighted by molar-refractivity contribution is 7.89. The molecule has 5 heteroatoms. The van der Waals surface area contributed by atoms with Crippen molar-refractivity contribution in [2.24, 2.45) is 0 Å². The van der Waals surface area contributed by atoms with Crippen LogP contribution in [0.4, 0.5) is 0 Å². The van der Waals surface area contributed by atoms with Crippen molar-refractivity contribution < 1.29 is 8.42 Å². The third-order valence-electron chi connectivity index (χ3n) is 1.74. The molecule has 1 rings (SSSR count). The van der Waals surface area contributed by atoms with Crippen LogP contribution in [0.5, 0.6) is 0 Å². The molecule has 78 valence electrons. The average molecular weight is 214 g/mol. The fourth-order valence-corrected chi connectivity index (χ4v) is 1.98. The van der Waals surface area contributed by atoms with Gasteiger partial charge < -0.3 is 0 Å². The Balaban J connectivity index is 2.67. The Morgan fingerprint density at radius 3 is 2.79 bits per heavy atom. The molecule has 0 saturated carbocycles. The van der Waals surface area contributed by atoms with Gasteiger partial charge in [-0.15, -0.1) is 0 Å². The van der Waals surface area contributed by atoms with Crippen LogP contribution in [0.1, 0.15) is 19.8 Å². The number of rotatable bonds is 5. The van der Waals surface area contributed by atoms with Crippen molar-refractivity contribution in [2.75, 3.05) is 6.54 Å². The third-order valence-corrected chi connectivity index (χ3v) is 3.11. The SMILES string of the molecule is CCCCNS(=O)(=O)c1ccccn1. The summed E-state index contributed by atoms with van der Waals surface area (Å²) in [7, 11) is -3.39. The lowest BCUT2D eigenvalue weighted by Gasteiger charge is -2.04. The number of pyridine rings is 1. The first-order valence-corrected chi connectivity index (χ1v) is 6.06. The van der Waals surface area contributed by atoms with Gasteiger partial charge in [0, 0.05) is 12.7 Å². The lowest BCUT2D eigenvalue weighted by Crippen LogP contribution is -2.25. The fraction of sp³-hybridized carbons (Fsp3) is 0.444. The van der Waals surface area contributed by atoms with E-state index in [1.165, 1.54) is 12.3 Å². The maximum absolute atomic E-state index is 11.5. The number of sulfonamides is 1. The molecule has 0 unspecified atom stereocenters. The number of aromatic nitrogens is 1. The van der Waals surface area contributed by atoms with E-state index in [-0.39, 0.29) is 5.03 Å². The van der Waals surface area contributed by atoms with Gasteiger partial charge in [-0.25, -0.2) is 18.1 Å². The maximum Gasteiger partial charge on any atom is 0.258 e. The fourth-order valence-electron chi connectivity index (χ4n) is 0.963. The van der Waals surface area contributed by atoms with Crippen LogP contribution in [0.2, 0.25) is 0 Å². The van der Waals surface area contributed by atoms with Crippen molar-refractivity contribution in [1.29, 1.82) is 0 Å². The Kier molecular flexibility index (Phi) is 4.03. The molecule has 1 N–H and O–H groups in total. The summed E-state index contributed by atoms with van der Waals surface area (Å²) in [6.07, 6.45) is 3.27. The van der Waals surface area contributed by atoms with Crippen LogP contribution in [-0.4, -0.2) is 19.9 Å².